The summed E-state index contributed by atoms with van der Waals surface area (Å²) in [6.45, 7) is 5.36. The first-order valence-electron chi connectivity index (χ1n) is 13.0. The highest BCUT2D eigenvalue weighted by Gasteiger charge is 2.60. The van der Waals surface area contributed by atoms with E-state index in [1.165, 1.54) is 16.7 Å². The van der Waals surface area contributed by atoms with Gasteiger partial charge in [0.2, 0.25) is 17.7 Å². The summed E-state index contributed by atoms with van der Waals surface area (Å²) >= 11 is 1.41. The predicted octanol–water partition coefficient (Wildman–Crippen LogP) is -1.63. The predicted molar refractivity (Wildman–Crippen MR) is 140 cm³/mol. The number of nitrogens with two attached hydrogens (primary N) is 2. The summed E-state index contributed by atoms with van der Waals surface area (Å²) in [6, 6.07) is -0.852. The quantitative estimate of drug-likeness (QED) is 0.0792. The summed E-state index contributed by atoms with van der Waals surface area (Å²) in [7, 11) is 0. The molecule has 0 aromatic rings. The summed E-state index contributed by atoms with van der Waals surface area (Å²) in [5.74, 6) is -2.45. The van der Waals surface area contributed by atoms with Crippen molar-refractivity contribution >= 4 is 41.4 Å². The number of aliphatic imine (C=N–C) groups is 1. The van der Waals surface area contributed by atoms with Crippen LogP contribution in [0.2, 0.25) is 0 Å². The van der Waals surface area contributed by atoms with Gasteiger partial charge in [0.05, 0.1) is 24.1 Å². The van der Waals surface area contributed by atoms with E-state index >= 15 is 0 Å². The Labute approximate surface area is 225 Å². The molecule has 4 heterocycles. The molecule has 0 saturated carbocycles. The van der Waals surface area contributed by atoms with Crippen LogP contribution in [0.4, 0.5) is 0 Å². The van der Waals surface area contributed by atoms with Crippen molar-refractivity contribution in [3.05, 3.63) is 10.6 Å². The Hall–Kier alpha value is -2.84. The van der Waals surface area contributed by atoms with E-state index in [2.05, 4.69) is 15.6 Å². The molecular weight excluding hydrogens is 514 g/mol. The highest BCUT2D eigenvalue weighted by atomic mass is 32.2. The van der Waals surface area contributed by atoms with E-state index in [0.717, 1.165) is 0 Å². The van der Waals surface area contributed by atoms with Gasteiger partial charge in [0.25, 0.3) is 0 Å². The maximum atomic E-state index is 13.2. The molecule has 13 nitrogen and oxygen atoms in total. The van der Waals surface area contributed by atoms with Crippen LogP contribution < -0.4 is 22.1 Å². The minimum atomic E-state index is -1.15. The van der Waals surface area contributed by atoms with Crippen LogP contribution in [-0.4, -0.2) is 105 Å². The zero-order valence-corrected chi connectivity index (χ0v) is 22.4. The molecular formula is C24H37N7O6S. The molecule has 3 saturated heterocycles. The fraction of sp³-hybridized carbons (Fsp3) is 0.708. The first kappa shape index (κ1) is 28.2. The SMILES string of the molecule is C[C@@H](O)[C@H]1C(=O)N2C(C(=O)O)=C(S[C@@H]3CN[C@H](C(=O)N4CC[C@H](NC(=O)CCCN=C(N)N)C4)C3)[C@H](C)[C@H]12. The van der Waals surface area contributed by atoms with Crippen LogP contribution in [0.5, 0.6) is 0 Å². The van der Waals surface area contributed by atoms with Crippen molar-refractivity contribution in [2.75, 3.05) is 26.2 Å². The van der Waals surface area contributed by atoms with Crippen molar-refractivity contribution in [1.29, 1.82) is 0 Å². The Morgan fingerprint density at radius 3 is 2.71 bits per heavy atom. The van der Waals surface area contributed by atoms with Crippen molar-refractivity contribution in [1.82, 2.24) is 20.4 Å². The van der Waals surface area contributed by atoms with Gasteiger partial charge in [-0.2, -0.15) is 0 Å². The number of guanidine groups is 1. The molecule has 0 aliphatic carbocycles. The second-order valence-corrected chi connectivity index (χ2v) is 11.8. The molecule has 38 heavy (non-hydrogen) atoms. The number of carboxylic acid groups (broad SMARTS) is 1. The summed E-state index contributed by atoms with van der Waals surface area (Å²) in [6.07, 6.45) is 1.20. The number of thioether (sulfide) groups is 1. The zero-order chi connectivity index (χ0) is 27.7. The lowest BCUT2D eigenvalue weighted by molar-refractivity contribution is -0.163. The number of rotatable bonds is 10. The molecule has 4 aliphatic heterocycles. The minimum absolute atomic E-state index is 0.000557. The number of nitrogens with zero attached hydrogens (tertiary/aromatic N) is 3. The van der Waals surface area contributed by atoms with E-state index in [1.54, 1.807) is 11.8 Å². The van der Waals surface area contributed by atoms with E-state index < -0.39 is 24.0 Å². The van der Waals surface area contributed by atoms with E-state index in [-0.39, 0.29) is 52.6 Å². The number of aliphatic hydroxyl groups excluding tert-OH is 1. The average Bonchev–Trinajstić information content (AvgIpc) is 3.55. The smallest absolute Gasteiger partial charge is 0.353 e. The Morgan fingerprint density at radius 2 is 2.05 bits per heavy atom. The van der Waals surface area contributed by atoms with Crippen LogP contribution >= 0.6 is 11.8 Å². The second kappa shape index (κ2) is 11.5. The molecule has 4 rings (SSSR count). The Kier molecular flexibility index (Phi) is 8.52. The normalized spacial score (nSPS) is 31.2. The maximum absolute atomic E-state index is 13.2. The van der Waals surface area contributed by atoms with Gasteiger partial charge in [-0.15, -0.1) is 11.8 Å². The summed E-state index contributed by atoms with van der Waals surface area (Å²) in [5.41, 5.74) is 10.6. The topological polar surface area (TPSA) is 204 Å². The van der Waals surface area contributed by atoms with E-state index in [1.807, 2.05) is 6.92 Å². The average molecular weight is 552 g/mol. The molecule has 210 valence electrons. The molecule has 4 aliphatic rings. The van der Waals surface area contributed by atoms with Crippen molar-refractivity contribution in [2.24, 2.45) is 28.3 Å². The molecule has 0 radical (unpaired) electrons. The van der Waals surface area contributed by atoms with E-state index in [9.17, 15) is 29.4 Å². The molecule has 0 spiro atoms. The van der Waals surface area contributed by atoms with E-state index in [0.29, 0.717) is 56.8 Å². The number of likely N-dealkylation sites (tertiary alicyclic amines) is 1. The first-order valence-corrected chi connectivity index (χ1v) is 13.9. The number of fused-ring (bicyclic) bond motifs is 1. The minimum Gasteiger partial charge on any atom is -0.477 e. The lowest BCUT2D eigenvalue weighted by atomic mass is 9.79. The lowest BCUT2D eigenvalue weighted by Gasteiger charge is -2.46. The number of aliphatic hydroxyl groups is 1. The third-order valence-electron chi connectivity index (χ3n) is 7.71. The van der Waals surface area contributed by atoms with Gasteiger partial charge in [-0.1, -0.05) is 6.92 Å². The maximum Gasteiger partial charge on any atom is 0.353 e. The Bertz CT molecular complexity index is 1050. The van der Waals surface area contributed by atoms with Gasteiger partial charge in [0.1, 0.15) is 5.70 Å². The van der Waals surface area contributed by atoms with Gasteiger partial charge in [0, 0.05) is 54.7 Å². The Morgan fingerprint density at radius 1 is 1.32 bits per heavy atom. The zero-order valence-electron chi connectivity index (χ0n) is 21.6. The molecule has 0 bridgehead atoms. The molecule has 0 unspecified atom stereocenters. The van der Waals surface area contributed by atoms with Crippen LogP contribution in [0.3, 0.4) is 0 Å². The molecule has 0 aromatic heterocycles. The molecule has 7 atom stereocenters. The number of carbonyl (C=O) groups excluding carboxylic acids is 3. The van der Waals surface area contributed by atoms with Gasteiger partial charge in [-0.25, -0.2) is 4.79 Å². The lowest BCUT2D eigenvalue weighted by Crippen LogP contribution is -2.63. The van der Waals surface area contributed by atoms with Crippen molar-refractivity contribution in [3.8, 4) is 0 Å². The first-order chi connectivity index (χ1) is 18.0. The van der Waals surface area contributed by atoms with Gasteiger partial charge < -0.3 is 42.1 Å². The van der Waals surface area contributed by atoms with Gasteiger partial charge >= 0.3 is 5.97 Å². The van der Waals surface area contributed by atoms with E-state index in [4.69, 9.17) is 11.5 Å². The number of β-lactam (4-membered cyclic amide) rings is 1. The van der Waals surface area contributed by atoms with Crippen LogP contribution in [0.15, 0.2) is 15.6 Å². The van der Waals surface area contributed by atoms with Crippen molar-refractivity contribution in [3.63, 3.8) is 0 Å². The van der Waals surface area contributed by atoms with Crippen LogP contribution in [0, 0.1) is 11.8 Å². The summed E-state index contributed by atoms with van der Waals surface area (Å²) in [5, 5.41) is 26.1. The fourth-order valence-electron chi connectivity index (χ4n) is 5.89. The monoisotopic (exact) mass is 551 g/mol. The highest BCUT2D eigenvalue weighted by Crippen LogP contribution is 2.51. The standard InChI is InChI=1S/C24H37N7O6S/c1-11-18-17(12(2)32)22(35)31(18)19(23(36)37)20(11)38-14-8-15(28-9-14)21(34)30-7-5-13(10-30)29-16(33)4-3-6-27-24(25)26/h11-15,17-18,28,32H,3-10H2,1-2H3,(H,29,33)(H,36,37)(H4,25,26,27)/t11-,12-,13+,14+,15+,17-,18-/m1/s1. The molecule has 14 heteroatoms. The number of aliphatic carboxylic acids is 1. The highest BCUT2D eigenvalue weighted by molar-refractivity contribution is 8.03. The summed E-state index contributed by atoms with van der Waals surface area (Å²) in [4.78, 5) is 57.5. The molecule has 8 N–H and O–H groups in total. The third-order valence-corrected chi connectivity index (χ3v) is 9.23. The Balaban J connectivity index is 1.28. The van der Waals surface area contributed by atoms with Gasteiger partial charge in [-0.3, -0.25) is 19.4 Å². The largest absolute Gasteiger partial charge is 0.477 e. The number of carbonyl (C=O) groups is 4. The van der Waals surface area contributed by atoms with Crippen molar-refractivity contribution in [2.45, 2.75) is 69.0 Å². The van der Waals surface area contributed by atoms with Crippen molar-refractivity contribution < 1.29 is 29.4 Å². The van der Waals surface area contributed by atoms with Crippen LogP contribution in [-0.2, 0) is 19.2 Å². The van der Waals surface area contributed by atoms with Crippen LogP contribution in [0.25, 0.3) is 0 Å². The summed E-state index contributed by atoms with van der Waals surface area (Å²) < 4.78 is 0. The van der Waals surface area contributed by atoms with Gasteiger partial charge in [-0.05, 0) is 26.2 Å². The number of amides is 3. The fourth-order valence-corrected chi connectivity index (χ4v) is 7.36. The molecule has 0 aromatic carbocycles. The number of nitrogens with one attached hydrogen (secondary N) is 2. The molecule has 3 fully saturated rings. The third kappa shape index (κ3) is 5.61. The number of hydrogen-bond donors (Lipinski definition) is 6. The van der Waals surface area contributed by atoms with Gasteiger partial charge in [0.15, 0.2) is 5.96 Å². The van der Waals surface area contributed by atoms with Crippen LogP contribution in [0.1, 0.15) is 39.5 Å². The molecule has 3 amide bonds. The second-order valence-electron chi connectivity index (χ2n) is 10.5. The number of carboxylic acids is 1. The number of hydrogen-bond acceptors (Lipinski definition) is 8.